The average Bonchev–Trinajstić information content (AvgIpc) is 2.81. The third-order valence-corrected chi connectivity index (χ3v) is 6.10. The first-order valence-electron chi connectivity index (χ1n) is 5.91. The summed E-state index contributed by atoms with van der Waals surface area (Å²) in [5, 5.41) is 0. The van der Waals surface area contributed by atoms with Gasteiger partial charge in [-0.2, -0.15) is 4.31 Å². The molecule has 1 aliphatic heterocycles. The molecule has 7 heteroatoms. The van der Waals surface area contributed by atoms with Crippen LogP contribution in [0.15, 0.2) is 27.6 Å². The Balaban J connectivity index is 0.00000180. The lowest BCUT2D eigenvalue weighted by Gasteiger charge is -2.17. The van der Waals surface area contributed by atoms with Crippen molar-refractivity contribution in [1.29, 1.82) is 0 Å². The lowest BCUT2D eigenvalue weighted by atomic mass is 10.1. The molecule has 4 nitrogen and oxygen atoms in total. The van der Waals surface area contributed by atoms with Gasteiger partial charge >= 0.3 is 0 Å². The summed E-state index contributed by atoms with van der Waals surface area (Å²) in [4.78, 5) is 0.362. The number of rotatable bonds is 3. The van der Waals surface area contributed by atoms with Crippen LogP contribution in [0.4, 0.5) is 0 Å². The molecular formula is C12H18BrClN2O2S. The van der Waals surface area contributed by atoms with Crippen LogP contribution < -0.4 is 5.73 Å². The Bertz CT molecular complexity index is 551. The molecule has 0 spiro atoms. The van der Waals surface area contributed by atoms with Crippen LogP contribution >= 0.6 is 28.3 Å². The molecule has 2 N–H and O–H groups in total. The van der Waals surface area contributed by atoms with Crippen LogP contribution in [-0.4, -0.2) is 32.4 Å². The number of halogens is 2. The van der Waals surface area contributed by atoms with Gasteiger partial charge in [0.15, 0.2) is 0 Å². The lowest BCUT2D eigenvalue weighted by molar-refractivity contribution is 0.459. The summed E-state index contributed by atoms with van der Waals surface area (Å²) < 4.78 is 27.3. The van der Waals surface area contributed by atoms with E-state index in [1.165, 1.54) is 4.31 Å². The lowest BCUT2D eigenvalue weighted by Crippen LogP contribution is -2.30. The molecule has 0 radical (unpaired) electrons. The minimum atomic E-state index is -3.36. The topological polar surface area (TPSA) is 63.4 Å². The highest BCUT2D eigenvalue weighted by atomic mass is 79.9. The molecular weight excluding hydrogens is 352 g/mol. The maximum Gasteiger partial charge on any atom is 0.243 e. The van der Waals surface area contributed by atoms with Gasteiger partial charge in [0, 0.05) is 17.6 Å². The monoisotopic (exact) mass is 368 g/mol. The third kappa shape index (κ3) is 3.49. The molecule has 1 aliphatic rings. The molecule has 1 saturated heterocycles. The summed E-state index contributed by atoms with van der Waals surface area (Å²) in [7, 11) is -3.36. The van der Waals surface area contributed by atoms with Gasteiger partial charge in [-0.05, 0) is 49.6 Å². The number of nitrogens with two attached hydrogens (primary N) is 1. The van der Waals surface area contributed by atoms with E-state index in [0.29, 0.717) is 24.5 Å². The van der Waals surface area contributed by atoms with Crippen LogP contribution in [0.25, 0.3) is 0 Å². The van der Waals surface area contributed by atoms with E-state index in [1.54, 1.807) is 18.2 Å². The minimum absolute atomic E-state index is 0. The standard InChI is InChI=1S/C12H17BrN2O2S.ClH/c1-9-6-11(2-3-12(9)13)18(16,17)15-5-4-10(7-14)8-15;/h2-3,6,10H,4-5,7-8,14H2,1H3;1H. The van der Waals surface area contributed by atoms with Gasteiger partial charge in [-0.1, -0.05) is 15.9 Å². The molecule has 0 bridgehead atoms. The highest BCUT2D eigenvalue weighted by Gasteiger charge is 2.31. The van der Waals surface area contributed by atoms with Crippen LogP contribution in [0.2, 0.25) is 0 Å². The van der Waals surface area contributed by atoms with Crippen molar-refractivity contribution in [3.8, 4) is 0 Å². The number of hydrogen-bond donors (Lipinski definition) is 1. The van der Waals surface area contributed by atoms with Gasteiger partial charge in [-0.25, -0.2) is 8.42 Å². The van der Waals surface area contributed by atoms with E-state index in [-0.39, 0.29) is 18.3 Å². The Morgan fingerprint density at radius 2 is 2.16 bits per heavy atom. The molecule has 0 aromatic heterocycles. The predicted molar refractivity (Wildman–Crippen MR) is 82.0 cm³/mol. The summed E-state index contributed by atoms with van der Waals surface area (Å²) in [5.41, 5.74) is 6.52. The van der Waals surface area contributed by atoms with Crippen LogP contribution in [0.5, 0.6) is 0 Å². The van der Waals surface area contributed by atoms with E-state index in [0.717, 1.165) is 16.5 Å². The molecule has 108 valence electrons. The van der Waals surface area contributed by atoms with Crippen molar-refractivity contribution >= 4 is 38.4 Å². The Kier molecular flexibility index (Phi) is 5.82. The molecule has 1 aromatic carbocycles. The van der Waals surface area contributed by atoms with Crippen molar-refractivity contribution in [3.63, 3.8) is 0 Å². The third-order valence-electron chi connectivity index (χ3n) is 3.35. The van der Waals surface area contributed by atoms with Crippen molar-refractivity contribution in [1.82, 2.24) is 4.31 Å². The second-order valence-corrected chi connectivity index (χ2v) is 7.46. The molecule has 1 unspecified atom stereocenters. The molecule has 1 heterocycles. The van der Waals surface area contributed by atoms with Crippen LogP contribution in [-0.2, 0) is 10.0 Å². The fourth-order valence-electron chi connectivity index (χ4n) is 2.13. The second kappa shape index (κ2) is 6.54. The highest BCUT2D eigenvalue weighted by molar-refractivity contribution is 9.10. The number of hydrogen-bond acceptors (Lipinski definition) is 3. The quantitative estimate of drug-likeness (QED) is 0.888. The van der Waals surface area contributed by atoms with E-state index in [9.17, 15) is 8.42 Å². The average molecular weight is 370 g/mol. The first-order chi connectivity index (χ1) is 8.45. The fraction of sp³-hybridized carbons (Fsp3) is 0.500. The number of aryl methyl sites for hydroxylation is 1. The largest absolute Gasteiger partial charge is 0.330 e. The zero-order valence-electron chi connectivity index (χ0n) is 10.7. The SMILES string of the molecule is Cc1cc(S(=O)(=O)N2CCC(CN)C2)ccc1Br.Cl. The van der Waals surface area contributed by atoms with Gasteiger partial charge in [-0.3, -0.25) is 0 Å². The van der Waals surface area contributed by atoms with E-state index in [2.05, 4.69) is 15.9 Å². The van der Waals surface area contributed by atoms with Crippen molar-refractivity contribution in [2.75, 3.05) is 19.6 Å². The van der Waals surface area contributed by atoms with Crippen LogP contribution in [0, 0.1) is 12.8 Å². The Morgan fingerprint density at radius 3 is 2.68 bits per heavy atom. The molecule has 2 rings (SSSR count). The Morgan fingerprint density at radius 1 is 1.47 bits per heavy atom. The normalized spacial score (nSPS) is 20.3. The van der Waals surface area contributed by atoms with E-state index in [1.807, 2.05) is 6.92 Å². The molecule has 19 heavy (non-hydrogen) atoms. The van der Waals surface area contributed by atoms with Crippen molar-refractivity contribution in [2.24, 2.45) is 11.7 Å². The fourth-order valence-corrected chi connectivity index (χ4v) is 4.00. The summed E-state index contributed by atoms with van der Waals surface area (Å²) in [5.74, 6) is 0.288. The zero-order chi connectivity index (χ0) is 13.3. The first-order valence-corrected chi connectivity index (χ1v) is 8.15. The van der Waals surface area contributed by atoms with Gasteiger partial charge in [-0.15, -0.1) is 12.4 Å². The Hall–Kier alpha value is -0.140. The van der Waals surface area contributed by atoms with E-state index in [4.69, 9.17) is 5.73 Å². The van der Waals surface area contributed by atoms with E-state index < -0.39 is 10.0 Å². The van der Waals surface area contributed by atoms with Crippen molar-refractivity contribution in [2.45, 2.75) is 18.2 Å². The summed E-state index contributed by atoms with van der Waals surface area (Å²) in [6.07, 6.45) is 0.852. The van der Waals surface area contributed by atoms with Gasteiger partial charge in [0.1, 0.15) is 0 Å². The second-order valence-electron chi connectivity index (χ2n) is 4.66. The van der Waals surface area contributed by atoms with Gasteiger partial charge < -0.3 is 5.73 Å². The van der Waals surface area contributed by atoms with E-state index >= 15 is 0 Å². The molecule has 0 aliphatic carbocycles. The highest BCUT2D eigenvalue weighted by Crippen LogP contribution is 2.26. The predicted octanol–water partition coefficient (Wildman–Crippen LogP) is 2.15. The molecule has 1 aromatic rings. The first kappa shape index (κ1) is 16.9. The molecule has 1 fully saturated rings. The Labute approximate surface area is 128 Å². The smallest absolute Gasteiger partial charge is 0.243 e. The van der Waals surface area contributed by atoms with Crippen LogP contribution in [0.1, 0.15) is 12.0 Å². The summed E-state index contributed by atoms with van der Waals surface area (Å²) in [6.45, 7) is 3.54. The maximum absolute atomic E-state index is 12.4. The zero-order valence-corrected chi connectivity index (χ0v) is 13.9. The van der Waals surface area contributed by atoms with Gasteiger partial charge in [0.25, 0.3) is 0 Å². The molecule has 0 saturated carbocycles. The van der Waals surface area contributed by atoms with Crippen LogP contribution in [0.3, 0.4) is 0 Å². The minimum Gasteiger partial charge on any atom is -0.330 e. The maximum atomic E-state index is 12.4. The number of sulfonamides is 1. The van der Waals surface area contributed by atoms with Gasteiger partial charge in [0.05, 0.1) is 4.90 Å². The number of benzene rings is 1. The summed E-state index contributed by atoms with van der Waals surface area (Å²) in [6, 6.07) is 5.12. The number of nitrogens with zero attached hydrogens (tertiary/aromatic N) is 1. The molecule has 1 atom stereocenters. The van der Waals surface area contributed by atoms with Crippen molar-refractivity contribution < 1.29 is 8.42 Å². The summed E-state index contributed by atoms with van der Waals surface area (Å²) >= 11 is 3.38. The van der Waals surface area contributed by atoms with Gasteiger partial charge in [0.2, 0.25) is 10.0 Å². The molecule has 0 amide bonds. The van der Waals surface area contributed by atoms with Crippen molar-refractivity contribution in [3.05, 3.63) is 28.2 Å².